The SMILES string of the molecule is Nc1ccc2c(c1)C(=O)N(Cc1cc(F)ccc1Cl)C2=O. The second-order valence-electron chi connectivity index (χ2n) is 4.74. The second-order valence-corrected chi connectivity index (χ2v) is 5.14. The molecule has 0 unspecified atom stereocenters. The van der Waals surface area contributed by atoms with Crippen molar-refractivity contribution in [2.45, 2.75) is 6.54 Å². The number of carbonyl (C=O) groups excluding carboxylic acids is 2. The average molecular weight is 305 g/mol. The number of nitrogens with zero attached hydrogens (tertiary/aromatic N) is 1. The van der Waals surface area contributed by atoms with E-state index in [1.165, 1.54) is 30.3 Å². The molecule has 0 saturated carbocycles. The van der Waals surface area contributed by atoms with Crippen molar-refractivity contribution in [3.8, 4) is 0 Å². The molecule has 21 heavy (non-hydrogen) atoms. The minimum absolute atomic E-state index is 0.0805. The van der Waals surface area contributed by atoms with Crippen LogP contribution in [-0.4, -0.2) is 16.7 Å². The molecule has 0 saturated heterocycles. The predicted molar refractivity (Wildman–Crippen MR) is 76.5 cm³/mol. The van der Waals surface area contributed by atoms with Gasteiger partial charge in [0.2, 0.25) is 0 Å². The van der Waals surface area contributed by atoms with Crippen molar-refractivity contribution in [1.82, 2.24) is 4.90 Å². The molecular weight excluding hydrogens is 295 g/mol. The number of hydrogen-bond acceptors (Lipinski definition) is 3. The van der Waals surface area contributed by atoms with E-state index in [2.05, 4.69) is 0 Å². The number of anilines is 1. The summed E-state index contributed by atoms with van der Waals surface area (Å²) in [4.78, 5) is 25.6. The Morgan fingerprint density at radius 3 is 2.52 bits per heavy atom. The molecule has 0 fully saturated rings. The maximum absolute atomic E-state index is 13.3. The molecule has 2 amide bonds. The molecule has 0 aliphatic carbocycles. The zero-order valence-electron chi connectivity index (χ0n) is 10.8. The Bertz CT molecular complexity index is 776. The van der Waals surface area contributed by atoms with Gasteiger partial charge in [0.05, 0.1) is 17.7 Å². The molecule has 1 aliphatic heterocycles. The summed E-state index contributed by atoms with van der Waals surface area (Å²) in [6.45, 7) is -0.0805. The first-order valence-electron chi connectivity index (χ1n) is 6.17. The molecule has 2 aromatic rings. The molecule has 0 aromatic heterocycles. The van der Waals surface area contributed by atoms with Crippen LogP contribution in [0, 0.1) is 5.82 Å². The van der Waals surface area contributed by atoms with Crippen LogP contribution in [0.15, 0.2) is 36.4 Å². The van der Waals surface area contributed by atoms with E-state index in [0.29, 0.717) is 21.8 Å². The van der Waals surface area contributed by atoms with Crippen LogP contribution < -0.4 is 5.73 Å². The van der Waals surface area contributed by atoms with Gasteiger partial charge in [0, 0.05) is 10.7 Å². The monoisotopic (exact) mass is 304 g/mol. The molecule has 0 spiro atoms. The van der Waals surface area contributed by atoms with Gasteiger partial charge in [-0.3, -0.25) is 14.5 Å². The molecule has 1 heterocycles. The van der Waals surface area contributed by atoms with Gasteiger partial charge in [-0.15, -0.1) is 0 Å². The minimum Gasteiger partial charge on any atom is -0.399 e. The van der Waals surface area contributed by atoms with Crippen LogP contribution >= 0.6 is 11.6 Å². The number of fused-ring (bicyclic) bond motifs is 1. The van der Waals surface area contributed by atoms with Crippen molar-refractivity contribution in [1.29, 1.82) is 0 Å². The smallest absolute Gasteiger partial charge is 0.261 e. The molecule has 4 nitrogen and oxygen atoms in total. The van der Waals surface area contributed by atoms with E-state index in [1.54, 1.807) is 6.07 Å². The van der Waals surface area contributed by atoms with Crippen molar-refractivity contribution < 1.29 is 14.0 Å². The zero-order valence-corrected chi connectivity index (χ0v) is 11.5. The van der Waals surface area contributed by atoms with Crippen LogP contribution in [-0.2, 0) is 6.54 Å². The maximum atomic E-state index is 13.3. The standard InChI is InChI=1S/C15H10ClFN2O2/c16-13-4-1-9(17)5-8(13)7-19-14(20)11-3-2-10(18)6-12(11)15(19)21/h1-6H,7,18H2. The minimum atomic E-state index is -0.477. The Morgan fingerprint density at radius 1 is 1.05 bits per heavy atom. The van der Waals surface area contributed by atoms with Gasteiger partial charge < -0.3 is 5.73 Å². The highest BCUT2D eigenvalue weighted by Gasteiger charge is 2.35. The zero-order chi connectivity index (χ0) is 15.1. The summed E-state index contributed by atoms with van der Waals surface area (Å²) < 4.78 is 13.3. The second kappa shape index (κ2) is 4.86. The number of imide groups is 1. The molecule has 3 rings (SSSR count). The molecule has 106 valence electrons. The summed E-state index contributed by atoms with van der Waals surface area (Å²) in [6, 6.07) is 8.35. The number of benzene rings is 2. The fourth-order valence-electron chi connectivity index (χ4n) is 2.29. The number of nitrogens with two attached hydrogens (primary N) is 1. The predicted octanol–water partition coefficient (Wildman–Crippen LogP) is 2.86. The topological polar surface area (TPSA) is 63.4 Å². The van der Waals surface area contributed by atoms with E-state index in [9.17, 15) is 14.0 Å². The Morgan fingerprint density at radius 2 is 1.76 bits per heavy atom. The van der Waals surface area contributed by atoms with Gasteiger partial charge in [-0.2, -0.15) is 0 Å². The maximum Gasteiger partial charge on any atom is 0.261 e. The first-order valence-corrected chi connectivity index (χ1v) is 6.55. The van der Waals surface area contributed by atoms with Gasteiger partial charge in [-0.25, -0.2) is 4.39 Å². The number of amides is 2. The van der Waals surface area contributed by atoms with Crippen molar-refractivity contribution in [2.24, 2.45) is 0 Å². The van der Waals surface area contributed by atoms with Crippen molar-refractivity contribution in [3.63, 3.8) is 0 Å². The fraction of sp³-hybridized carbons (Fsp3) is 0.0667. The fourth-order valence-corrected chi connectivity index (χ4v) is 2.46. The Balaban J connectivity index is 1.97. The number of carbonyl (C=O) groups is 2. The number of hydrogen-bond donors (Lipinski definition) is 1. The molecule has 0 radical (unpaired) electrons. The summed E-state index contributed by atoms with van der Waals surface area (Å²) in [5.41, 5.74) is 6.96. The molecule has 2 N–H and O–H groups in total. The van der Waals surface area contributed by atoms with Crippen LogP contribution in [0.3, 0.4) is 0 Å². The van der Waals surface area contributed by atoms with Crippen LogP contribution in [0.5, 0.6) is 0 Å². The molecule has 6 heteroatoms. The molecule has 0 bridgehead atoms. The van der Waals surface area contributed by atoms with Gasteiger partial charge in [0.25, 0.3) is 11.8 Å². The van der Waals surface area contributed by atoms with Gasteiger partial charge in [0.15, 0.2) is 0 Å². The number of nitrogen functional groups attached to an aromatic ring is 1. The summed E-state index contributed by atoms with van der Waals surface area (Å²) in [7, 11) is 0. The third-order valence-corrected chi connectivity index (χ3v) is 3.70. The normalized spacial score (nSPS) is 13.7. The lowest BCUT2D eigenvalue weighted by atomic mass is 10.1. The summed E-state index contributed by atoms with van der Waals surface area (Å²) >= 11 is 5.97. The van der Waals surface area contributed by atoms with E-state index in [1.807, 2.05) is 0 Å². The number of rotatable bonds is 2. The third-order valence-electron chi connectivity index (χ3n) is 3.33. The summed E-state index contributed by atoms with van der Waals surface area (Å²) in [6.07, 6.45) is 0. The summed E-state index contributed by atoms with van der Waals surface area (Å²) in [5.74, 6) is -1.37. The van der Waals surface area contributed by atoms with Crippen LogP contribution in [0.2, 0.25) is 5.02 Å². The van der Waals surface area contributed by atoms with E-state index in [0.717, 1.165) is 4.90 Å². The first kappa shape index (κ1) is 13.6. The lowest BCUT2D eigenvalue weighted by Crippen LogP contribution is -2.29. The Hall–Kier alpha value is -2.40. The van der Waals surface area contributed by atoms with Crippen molar-refractivity contribution in [3.05, 3.63) is 63.9 Å². The van der Waals surface area contributed by atoms with E-state index in [4.69, 9.17) is 17.3 Å². The van der Waals surface area contributed by atoms with E-state index in [-0.39, 0.29) is 12.1 Å². The van der Waals surface area contributed by atoms with Crippen LogP contribution in [0.25, 0.3) is 0 Å². The average Bonchev–Trinajstić information content (AvgIpc) is 2.67. The van der Waals surface area contributed by atoms with Crippen LogP contribution in [0.4, 0.5) is 10.1 Å². The van der Waals surface area contributed by atoms with E-state index < -0.39 is 17.6 Å². The lowest BCUT2D eigenvalue weighted by molar-refractivity contribution is 0.0642. The number of halogens is 2. The van der Waals surface area contributed by atoms with Crippen molar-refractivity contribution >= 4 is 29.1 Å². The highest BCUT2D eigenvalue weighted by Crippen LogP contribution is 2.28. The quantitative estimate of drug-likeness (QED) is 0.685. The molecule has 1 aliphatic rings. The highest BCUT2D eigenvalue weighted by molar-refractivity contribution is 6.31. The molecule has 2 aromatic carbocycles. The van der Waals surface area contributed by atoms with Gasteiger partial charge in [-0.05, 0) is 42.0 Å². The molecular formula is C15H10ClFN2O2. The molecule has 0 atom stereocenters. The Kier molecular flexibility index (Phi) is 3.14. The van der Waals surface area contributed by atoms with Crippen LogP contribution in [0.1, 0.15) is 26.3 Å². The third kappa shape index (κ3) is 2.25. The van der Waals surface area contributed by atoms with Crippen molar-refractivity contribution in [2.75, 3.05) is 5.73 Å². The first-order chi connectivity index (χ1) is 9.97. The lowest BCUT2D eigenvalue weighted by Gasteiger charge is -2.14. The largest absolute Gasteiger partial charge is 0.399 e. The highest BCUT2D eigenvalue weighted by atomic mass is 35.5. The summed E-state index contributed by atoms with van der Waals surface area (Å²) in [5, 5.41) is 0.299. The Labute approximate surface area is 124 Å². The van der Waals surface area contributed by atoms with E-state index >= 15 is 0 Å². The van der Waals surface area contributed by atoms with Gasteiger partial charge in [-0.1, -0.05) is 11.6 Å². The van der Waals surface area contributed by atoms with Gasteiger partial charge in [0.1, 0.15) is 5.82 Å². The van der Waals surface area contributed by atoms with Gasteiger partial charge >= 0.3 is 0 Å².